The molecule has 1 fully saturated rings. The second-order valence-corrected chi connectivity index (χ2v) is 11.8. The first-order valence-corrected chi connectivity index (χ1v) is 16.1. The summed E-state index contributed by atoms with van der Waals surface area (Å²) in [5.41, 5.74) is 2.29. The number of phenols is 2. The van der Waals surface area contributed by atoms with Crippen molar-refractivity contribution < 1.29 is 63.5 Å². The van der Waals surface area contributed by atoms with Gasteiger partial charge >= 0.3 is 5.97 Å². The van der Waals surface area contributed by atoms with Gasteiger partial charge in [0.2, 0.25) is 5.75 Å². The average Bonchev–Trinajstić information content (AvgIpc) is 3.12. The molecule has 6 unspecified atom stereocenters. The zero-order valence-corrected chi connectivity index (χ0v) is 28.1. The van der Waals surface area contributed by atoms with E-state index in [4.69, 9.17) is 28.4 Å². The molecular weight excluding hydrogens is 652 g/mol. The van der Waals surface area contributed by atoms with Gasteiger partial charge in [-0.1, -0.05) is 24.3 Å². The molecule has 1 aliphatic rings. The summed E-state index contributed by atoms with van der Waals surface area (Å²) >= 11 is 0. The monoisotopic (exact) mass is 696 g/mol. The second kappa shape index (κ2) is 18.4. The summed E-state index contributed by atoms with van der Waals surface area (Å²) in [6, 6.07) is 16.4. The Kier molecular flexibility index (Phi) is 14.0. The normalized spacial score (nSPS) is 21.0. The summed E-state index contributed by atoms with van der Waals surface area (Å²) in [5, 5.41) is 51.2. The van der Waals surface area contributed by atoms with Crippen molar-refractivity contribution >= 4 is 17.8 Å². The number of ether oxygens (including phenoxy) is 6. The smallest absolute Gasteiger partial charge is 0.330 e. The third kappa shape index (κ3) is 10.7. The molecule has 1 heterocycles. The van der Waals surface area contributed by atoms with Gasteiger partial charge in [-0.25, -0.2) is 4.79 Å². The number of esters is 1. The van der Waals surface area contributed by atoms with E-state index in [0.29, 0.717) is 42.1 Å². The highest BCUT2D eigenvalue weighted by atomic mass is 16.7. The highest BCUT2D eigenvalue weighted by Crippen LogP contribution is 2.38. The molecule has 0 aliphatic carbocycles. The van der Waals surface area contributed by atoms with E-state index in [1.807, 2.05) is 0 Å². The molecule has 0 radical (unpaired) electrons. The van der Waals surface area contributed by atoms with Crippen LogP contribution in [-0.2, 0) is 36.6 Å². The molecule has 0 spiro atoms. The van der Waals surface area contributed by atoms with Crippen molar-refractivity contribution in [1.82, 2.24) is 0 Å². The topological polar surface area (TPSA) is 191 Å². The van der Waals surface area contributed by atoms with Crippen molar-refractivity contribution in [3.05, 3.63) is 83.4 Å². The average molecular weight is 697 g/mol. The van der Waals surface area contributed by atoms with Gasteiger partial charge in [0.1, 0.15) is 48.3 Å². The van der Waals surface area contributed by atoms with E-state index in [2.05, 4.69) is 0 Å². The first-order chi connectivity index (χ1) is 24.0. The Labute approximate surface area is 290 Å². The number of phenolic OH excluding ortho intramolecular Hbond substituents is 2. The Morgan fingerprint density at radius 2 is 1.38 bits per heavy atom. The number of ketones is 1. The van der Waals surface area contributed by atoms with E-state index in [1.165, 1.54) is 27.4 Å². The van der Waals surface area contributed by atoms with Crippen molar-refractivity contribution in [2.24, 2.45) is 0 Å². The quantitative estimate of drug-likeness (QED) is 0.102. The fourth-order valence-corrected chi connectivity index (χ4v) is 5.44. The number of rotatable bonds is 17. The number of aliphatic hydroxyl groups excluding tert-OH is 3. The van der Waals surface area contributed by atoms with E-state index in [0.717, 1.165) is 17.2 Å². The van der Waals surface area contributed by atoms with E-state index in [9.17, 15) is 35.1 Å². The predicted octanol–water partition coefficient (Wildman–Crippen LogP) is 3.10. The summed E-state index contributed by atoms with van der Waals surface area (Å²) < 4.78 is 33.1. The van der Waals surface area contributed by atoms with Crippen LogP contribution >= 0.6 is 0 Å². The summed E-state index contributed by atoms with van der Waals surface area (Å²) in [4.78, 5) is 25.7. The third-order valence-corrected chi connectivity index (χ3v) is 8.26. The number of hydrogen-bond acceptors (Lipinski definition) is 13. The number of carbonyl (C=O) groups excluding carboxylic acids is 2. The van der Waals surface area contributed by atoms with E-state index in [-0.39, 0.29) is 30.1 Å². The molecule has 3 aromatic carbocycles. The number of aromatic hydroxyl groups is 2. The van der Waals surface area contributed by atoms with Crippen LogP contribution in [0, 0.1) is 0 Å². The fraction of sp³-hybridized carbons (Fsp3) is 0.405. The van der Waals surface area contributed by atoms with Crippen molar-refractivity contribution in [1.29, 1.82) is 0 Å². The highest BCUT2D eigenvalue weighted by molar-refractivity contribution is 5.87. The maximum atomic E-state index is 13.1. The molecule has 0 bridgehead atoms. The molecule has 270 valence electrons. The van der Waals surface area contributed by atoms with Crippen molar-refractivity contribution in [3.8, 4) is 28.7 Å². The lowest BCUT2D eigenvalue weighted by atomic mass is 9.98. The van der Waals surface area contributed by atoms with Gasteiger partial charge in [-0.3, -0.25) is 4.79 Å². The van der Waals surface area contributed by atoms with Crippen LogP contribution in [0.2, 0.25) is 0 Å². The van der Waals surface area contributed by atoms with Crippen molar-refractivity contribution in [3.63, 3.8) is 0 Å². The van der Waals surface area contributed by atoms with Crippen LogP contribution in [0.3, 0.4) is 0 Å². The molecule has 4 rings (SSSR count). The maximum Gasteiger partial charge on any atom is 0.330 e. The van der Waals surface area contributed by atoms with Gasteiger partial charge in [-0.15, -0.1) is 0 Å². The fourth-order valence-electron chi connectivity index (χ4n) is 5.44. The number of aryl methyl sites for hydroxylation is 2. The molecule has 50 heavy (non-hydrogen) atoms. The second-order valence-electron chi connectivity index (χ2n) is 11.8. The summed E-state index contributed by atoms with van der Waals surface area (Å²) in [7, 11) is 4.40. The summed E-state index contributed by atoms with van der Waals surface area (Å²) in [5.74, 6) is 0.497. The van der Waals surface area contributed by atoms with Gasteiger partial charge in [-0.2, -0.15) is 0 Å². The van der Waals surface area contributed by atoms with Gasteiger partial charge in [0.25, 0.3) is 0 Å². The molecule has 0 aromatic heterocycles. The molecular formula is C37H44O13. The zero-order chi connectivity index (χ0) is 36.2. The molecule has 3 aromatic rings. The van der Waals surface area contributed by atoms with Crippen LogP contribution in [0.1, 0.15) is 36.0 Å². The number of methoxy groups -OCH3 is 3. The third-order valence-electron chi connectivity index (χ3n) is 8.26. The van der Waals surface area contributed by atoms with E-state index >= 15 is 0 Å². The first-order valence-electron chi connectivity index (χ1n) is 16.1. The number of aliphatic hydroxyl groups is 3. The minimum Gasteiger partial charge on any atom is -0.508 e. The van der Waals surface area contributed by atoms with Crippen LogP contribution < -0.4 is 14.2 Å². The van der Waals surface area contributed by atoms with Crippen LogP contribution in [0.5, 0.6) is 28.7 Å². The summed E-state index contributed by atoms with van der Waals surface area (Å²) in [6.07, 6.45) is -4.45. The molecule has 0 amide bonds. The lowest BCUT2D eigenvalue weighted by Gasteiger charge is -2.41. The predicted molar refractivity (Wildman–Crippen MR) is 180 cm³/mol. The highest BCUT2D eigenvalue weighted by Gasteiger charge is 2.45. The van der Waals surface area contributed by atoms with E-state index in [1.54, 1.807) is 60.7 Å². The molecule has 5 N–H and O–H groups in total. The number of carbonyl (C=O) groups is 2. The van der Waals surface area contributed by atoms with Gasteiger partial charge < -0.3 is 54.0 Å². The van der Waals surface area contributed by atoms with Crippen molar-refractivity contribution in [2.45, 2.75) is 68.9 Å². The molecule has 0 saturated carbocycles. The van der Waals surface area contributed by atoms with Crippen LogP contribution in [-0.4, -0.2) is 102 Å². The zero-order valence-electron chi connectivity index (χ0n) is 28.1. The van der Waals surface area contributed by atoms with Gasteiger partial charge in [-0.05, 0) is 78.4 Å². The van der Waals surface area contributed by atoms with Crippen LogP contribution in [0.25, 0.3) is 6.08 Å². The SMILES string of the molecule is COc1cc(C=CC(=O)OCC2OC(OC(CCc3ccc(O)cc3)CC(=O)CCc3ccc(O)cc3)C(O)C(O)C2O)cc(OC)c1OC. The van der Waals surface area contributed by atoms with Crippen LogP contribution in [0.15, 0.2) is 66.7 Å². The Morgan fingerprint density at radius 1 is 0.800 bits per heavy atom. The summed E-state index contributed by atoms with van der Waals surface area (Å²) in [6.45, 7) is -0.479. The lowest BCUT2D eigenvalue weighted by Crippen LogP contribution is -2.60. The molecule has 13 nitrogen and oxygen atoms in total. The Balaban J connectivity index is 1.40. The Bertz CT molecular complexity index is 1550. The number of hydrogen-bond donors (Lipinski definition) is 5. The van der Waals surface area contributed by atoms with E-state index < -0.39 is 49.4 Å². The Hall–Kier alpha value is -4.66. The minimum atomic E-state index is -1.70. The maximum absolute atomic E-state index is 13.1. The van der Waals surface area contributed by atoms with Gasteiger partial charge in [0, 0.05) is 18.9 Å². The molecule has 13 heteroatoms. The standard InChI is InChI=1S/C37H44O13/c1-45-29-18-24(19-30(46-2)36(29)47-3)10-17-32(41)48-21-31-33(42)34(43)35(44)37(50-31)49-28(16-9-23-6-13-26(39)14-7-23)20-27(40)15-8-22-4-11-25(38)12-5-22/h4-7,10-14,17-19,28,31,33-35,37-39,42-44H,8-9,15-16,20-21H2,1-3H3. The molecule has 1 saturated heterocycles. The lowest BCUT2D eigenvalue weighted by molar-refractivity contribution is -0.311. The van der Waals surface area contributed by atoms with Gasteiger partial charge in [0.15, 0.2) is 17.8 Å². The largest absolute Gasteiger partial charge is 0.508 e. The number of Topliss-reactive ketones (excluding diaryl/α,β-unsaturated/α-hetero) is 1. The van der Waals surface area contributed by atoms with Crippen molar-refractivity contribution in [2.75, 3.05) is 27.9 Å². The molecule has 6 atom stereocenters. The van der Waals surface area contributed by atoms with Crippen LogP contribution in [0.4, 0.5) is 0 Å². The first kappa shape index (κ1) is 38.1. The molecule has 1 aliphatic heterocycles. The minimum absolute atomic E-state index is 0.0349. The van der Waals surface area contributed by atoms with Gasteiger partial charge in [0.05, 0.1) is 27.4 Å². The number of benzene rings is 3. The Morgan fingerprint density at radius 3 is 1.94 bits per heavy atom.